The Bertz CT molecular complexity index is 743. The number of nitrogens with one attached hydrogen (secondary N) is 1. The molecule has 1 aromatic carbocycles. The molecule has 128 valence electrons. The molecule has 1 aliphatic rings. The minimum atomic E-state index is -1.70. The van der Waals surface area contributed by atoms with Crippen molar-refractivity contribution in [1.29, 1.82) is 0 Å². The van der Waals surface area contributed by atoms with E-state index in [1.165, 1.54) is 4.90 Å². The van der Waals surface area contributed by atoms with Crippen molar-refractivity contribution in [3.05, 3.63) is 36.2 Å². The summed E-state index contributed by atoms with van der Waals surface area (Å²) < 4.78 is 6.24. The van der Waals surface area contributed by atoms with Gasteiger partial charge in [-0.05, 0) is 30.3 Å². The number of benzene rings is 1. The van der Waals surface area contributed by atoms with E-state index in [1.54, 1.807) is 11.8 Å². The van der Waals surface area contributed by atoms with Crippen molar-refractivity contribution < 1.29 is 4.43 Å². The van der Waals surface area contributed by atoms with Gasteiger partial charge >= 0.3 is 0 Å². The molecule has 1 N–H and O–H groups in total. The number of nitrogens with zero attached hydrogens (tertiary/aromatic N) is 2. The molecule has 24 heavy (non-hydrogen) atoms. The van der Waals surface area contributed by atoms with Crippen LogP contribution in [0.5, 0.6) is 0 Å². The second kappa shape index (κ2) is 6.50. The zero-order chi connectivity index (χ0) is 17.4. The van der Waals surface area contributed by atoms with E-state index in [2.05, 4.69) is 56.3 Å². The van der Waals surface area contributed by atoms with Gasteiger partial charge in [0.15, 0.2) is 14.1 Å². The summed E-state index contributed by atoms with van der Waals surface area (Å²) in [6.45, 7) is 12.0. The van der Waals surface area contributed by atoms with Crippen molar-refractivity contribution >= 4 is 31.6 Å². The molecule has 0 bridgehead atoms. The first-order chi connectivity index (χ1) is 11.3. The minimum absolute atomic E-state index is 0.233. The molecule has 0 radical (unpaired) electrons. The Morgan fingerprint density at radius 3 is 2.71 bits per heavy atom. The van der Waals surface area contributed by atoms with E-state index in [-0.39, 0.29) is 5.04 Å². The number of hydrogen-bond acceptors (Lipinski definition) is 5. The van der Waals surface area contributed by atoms with E-state index in [0.29, 0.717) is 6.61 Å². The smallest absolute Gasteiger partial charge is 0.191 e. The highest BCUT2D eigenvalue weighted by Gasteiger charge is 2.36. The summed E-state index contributed by atoms with van der Waals surface area (Å²) in [5, 5.41) is 4.55. The van der Waals surface area contributed by atoms with Crippen LogP contribution in [-0.2, 0) is 10.8 Å². The second-order valence-corrected chi connectivity index (χ2v) is 13.4. The Morgan fingerprint density at radius 1 is 1.21 bits per heavy atom. The third-order valence-electron chi connectivity index (χ3n) is 4.76. The molecule has 2 heterocycles. The van der Waals surface area contributed by atoms with Crippen LogP contribution in [0.25, 0.3) is 0 Å². The number of fused-ring (bicyclic) bond motifs is 2. The monoisotopic (exact) mass is 359 g/mol. The van der Waals surface area contributed by atoms with Crippen LogP contribution in [0.15, 0.2) is 40.4 Å². The molecule has 0 aliphatic carbocycles. The SMILES string of the molecule is CC(C)(C)[Si](C)(C)OCCc1cnc2c(n1)Nc1ccccc1S2. The van der Waals surface area contributed by atoms with Crippen molar-refractivity contribution in [2.24, 2.45) is 0 Å². The summed E-state index contributed by atoms with van der Waals surface area (Å²) in [5.41, 5.74) is 2.07. The van der Waals surface area contributed by atoms with Gasteiger partial charge < -0.3 is 9.74 Å². The molecule has 0 atom stereocenters. The lowest BCUT2D eigenvalue weighted by atomic mass is 10.2. The van der Waals surface area contributed by atoms with Crippen molar-refractivity contribution in [2.75, 3.05) is 11.9 Å². The lowest BCUT2D eigenvalue weighted by molar-refractivity contribution is 0.290. The molecule has 0 saturated heterocycles. The van der Waals surface area contributed by atoms with Gasteiger partial charge in [-0.1, -0.05) is 44.7 Å². The number of anilines is 2. The van der Waals surface area contributed by atoms with Gasteiger partial charge in [-0.25, -0.2) is 9.97 Å². The Labute approximate surface area is 149 Å². The number of rotatable bonds is 4. The van der Waals surface area contributed by atoms with Gasteiger partial charge in [0.2, 0.25) is 0 Å². The Kier molecular flexibility index (Phi) is 4.73. The molecular weight excluding hydrogens is 334 g/mol. The quantitative estimate of drug-likeness (QED) is 0.645. The van der Waals surface area contributed by atoms with Crippen LogP contribution in [-0.4, -0.2) is 24.9 Å². The fourth-order valence-electron chi connectivity index (χ4n) is 2.21. The van der Waals surface area contributed by atoms with E-state index >= 15 is 0 Å². The molecule has 0 amide bonds. The standard InChI is InChI=1S/C18H25N3OSSi/c1-18(2,3)24(4,5)22-11-10-13-12-19-17-16(20-13)21-14-8-6-7-9-15(14)23-17/h6-9,12H,10-11H2,1-5H3,(H,20,21). The van der Waals surface area contributed by atoms with Crippen LogP contribution in [0, 0.1) is 0 Å². The summed E-state index contributed by atoms with van der Waals surface area (Å²) in [6.07, 6.45) is 2.66. The van der Waals surface area contributed by atoms with Crippen LogP contribution in [0.3, 0.4) is 0 Å². The molecule has 0 saturated carbocycles. The molecule has 4 nitrogen and oxygen atoms in total. The third-order valence-corrected chi connectivity index (χ3v) is 10.4. The molecule has 1 aromatic heterocycles. The normalized spacial score (nSPS) is 13.9. The van der Waals surface area contributed by atoms with Gasteiger partial charge in [0.1, 0.15) is 5.03 Å². The Morgan fingerprint density at radius 2 is 1.96 bits per heavy atom. The van der Waals surface area contributed by atoms with Crippen LogP contribution in [0.1, 0.15) is 26.5 Å². The maximum atomic E-state index is 6.24. The van der Waals surface area contributed by atoms with Crippen LogP contribution < -0.4 is 5.32 Å². The molecule has 6 heteroatoms. The van der Waals surface area contributed by atoms with E-state index in [1.807, 2.05) is 18.3 Å². The van der Waals surface area contributed by atoms with Gasteiger partial charge in [-0.15, -0.1) is 0 Å². The average Bonchev–Trinajstić information content (AvgIpc) is 2.51. The van der Waals surface area contributed by atoms with Gasteiger partial charge in [0.05, 0.1) is 11.4 Å². The first-order valence-corrected chi connectivity index (χ1v) is 12.0. The first kappa shape index (κ1) is 17.4. The van der Waals surface area contributed by atoms with E-state index in [0.717, 1.165) is 28.6 Å². The van der Waals surface area contributed by atoms with Gasteiger partial charge in [-0.3, -0.25) is 0 Å². The molecular formula is C18H25N3OSSi. The summed E-state index contributed by atoms with van der Waals surface area (Å²) in [5.74, 6) is 0.850. The first-order valence-electron chi connectivity index (χ1n) is 8.30. The predicted molar refractivity (Wildman–Crippen MR) is 103 cm³/mol. The Balaban J connectivity index is 1.66. The van der Waals surface area contributed by atoms with Crippen molar-refractivity contribution in [2.45, 2.75) is 55.2 Å². The maximum Gasteiger partial charge on any atom is 0.191 e. The molecule has 0 fully saturated rings. The molecule has 2 aromatic rings. The second-order valence-electron chi connectivity index (χ2n) is 7.60. The molecule has 0 unspecified atom stereocenters. The van der Waals surface area contributed by atoms with Gasteiger partial charge in [-0.2, -0.15) is 0 Å². The van der Waals surface area contributed by atoms with Crippen molar-refractivity contribution in [1.82, 2.24) is 9.97 Å². The van der Waals surface area contributed by atoms with E-state index in [9.17, 15) is 0 Å². The van der Waals surface area contributed by atoms with E-state index < -0.39 is 8.32 Å². The van der Waals surface area contributed by atoms with Gasteiger partial charge in [0, 0.05) is 24.1 Å². The van der Waals surface area contributed by atoms with Gasteiger partial charge in [0.25, 0.3) is 0 Å². The highest BCUT2D eigenvalue weighted by Crippen LogP contribution is 2.41. The topological polar surface area (TPSA) is 47.0 Å². The van der Waals surface area contributed by atoms with E-state index in [4.69, 9.17) is 9.41 Å². The summed E-state index contributed by atoms with van der Waals surface area (Å²) in [6, 6.07) is 8.24. The lowest BCUT2D eigenvalue weighted by Gasteiger charge is -2.36. The molecule has 0 spiro atoms. The van der Waals surface area contributed by atoms with Crippen LogP contribution in [0.2, 0.25) is 18.1 Å². The van der Waals surface area contributed by atoms with Crippen LogP contribution in [0.4, 0.5) is 11.5 Å². The van der Waals surface area contributed by atoms with Crippen molar-refractivity contribution in [3.63, 3.8) is 0 Å². The lowest BCUT2D eigenvalue weighted by Crippen LogP contribution is -2.41. The fourth-order valence-corrected chi connectivity index (χ4v) is 4.14. The zero-order valence-electron chi connectivity index (χ0n) is 15.0. The summed E-state index contributed by atoms with van der Waals surface area (Å²) in [4.78, 5) is 10.5. The Hall–Kier alpha value is -1.37. The predicted octanol–water partition coefficient (Wildman–Crippen LogP) is 5.25. The minimum Gasteiger partial charge on any atom is -0.416 e. The summed E-state index contributed by atoms with van der Waals surface area (Å²) in [7, 11) is -1.70. The maximum absolute atomic E-state index is 6.24. The number of aromatic nitrogens is 2. The van der Waals surface area contributed by atoms with Crippen LogP contribution >= 0.6 is 11.8 Å². The molecule has 1 aliphatic heterocycles. The largest absolute Gasteiger partial charge is 0.416 e. The average molecular weight is 360 g/mol. The third kappa shape index (κ3) is 3.65. The highest BCUT2D eigenvalue weighted by atomic mass is 32.2. The molecule has 3 rings (SSSR count). The zero-order valence-corrected chi connectivity index (χ0v) is 16.8. The summed E-state index contributed by atoms with van der Waals surface area (Å²) >= 11 is 1.66. The number of hydrogen-bond donors (Lipinski definition) is 1. The highest BCUT2D eigenvalue weighted by molar-refractivity contribution is 7.99. The fraction of sp³-hybridized carbons (Fsp3) is 0.444. The van der Waals surface area contributed by atoms with Crippen molar-refractivity contribution in [3.8, 4) is 0 Å². The number of para-hydroxylation sites is 1.